The van der Waals surface area contributed by atoms with Crippen LogP contribution in [0, 0.1) is 13.8 Å². The molecule has 2 aliphatic heterocycles. The molecule has 0 radical (unpaired) electrons. The van der Waals surface area contributed by atoms with E-state index in [4.69, 9.17) is 19.4 Å². The Morgan fingerprint density at radius 2 is 0.958 bits per heavy atom. The Labute approximate surface area is 314 Å². The minimum absolute atomic E-state index is 0.197. The molecule has 0 atom stereocenters. The van der Waals surface area contributed by atoms with Gasteiger partial charge in [0.1, 0.15) is 0 Å². The van der Waals surface area contributed by atoms with Gasteiger partial charge in [-0.25, -0.2) is 9.97 Å². The molecule has 3 aromatic rings. The molecule has 0 saturated carbocycles. The molecule has 3 aromatic heterocycles. The van der Waals surface area contributed by atoms with Crippen LogP contribution in [0.15, 0.2) is 17.9 Å². The van der Waals surface area contributed by atoms with Crippen molar-refractivity contribution >= 4 is 120 Å². The molecule has 2 aliphatic rings. The number of H-pyrrole nitrogens is 2. The third kappa shape index (κ3) is 6.31. The molecule has 0 unspecified atom stereocenters. The number of nitrogens with one attached hydrogen (secondary N) is 2. The summed E-state index contributed by atoms with van der Waals surface area (Å²) in [6.07, 6.45) is 2.88. The van der Waals surface area contributed by atoms with Crippen LogP contribution in [0.3, 0.4) is 0 Å². The molecular formula is C36H38Br4N4O4. The third-order valence-electron chi connectivity index (χ3n) is 9.42. The van der Waals surface area contributed by atoms with Crippen LogP contribution in [0.1, 0.15) is 98.4 Å². The van der Waals surface area contributed by atoms with Crippen LogP contribution < -0.4 is 0 Å². The fraction of sp³-hybridized carbons (Fsp3) is 0.389. The number of hydrogen-bond acceptors (Lipinski definition) is 6. The Morgan fingerprint density at radius 3 is 1.35 bits per heavy atom. The van der Waals surface area contributed by atoms with Crippen molar-refractivity contribution in [1.29, 1.82) is 0 Å². The maximum absolute atomic E-state index is 12.4. The van der Waals surface area contributed by atoms with E-state index in [0.29, 0.717) is 28.7 Å². The SMILES string of the molecule is CCc1c(C)c2[nH]c1c(Br)c1nc(c(Br)c3nc(c(Br)c4[nH]c(c(CC)c4C)c2Br)C(C)=C3CCC(=O)OC)C(CCC(=O)OC)=C1C. The lowest BCUT2D eigenvalue weighted by molar-refractivity contribution is -0.141. The van der Waals surface area contributed by atoms with Crippen molar-refractivity contribution in [3.8, 4) is 0 Å². The molecule has 0 aromatic carbocycles. The predicted molar refractivity (Wildman–Crippen MR) is 208 cm³/mol. The zero-order valence-electron chi connectivity index (χ0n) is 28.3. The highest BCUT2D eigenvalue weighted by molar-refractivity contribution is 9.11. The summed E-state index contributed by atoms with van der Waals surface area (Å²) >= 11 is 15.8. The number of carbonyl (C=O) groups excluding carboxylic acids is 2. The standard InChI is InChI=1S/C36H38Br4N4O4/c1-9-19-15(3)29-25(37)31-17(5)21(11-13-23(45)47-7)35(43-31)28(40)36-22(12-14-24(46)48-8)18(6)32(44-36)27(39)34-20(10-2)16(4)30(42-34)26(38)33(19)41-29/h41-42H,9-14H2,1-8H3. The summed E-state index contributed by atoms with van der Waals surface area (Å²) in [7, 11) is 2.79. The third-order valence-corrected chi connectivity index (χ3v) is 12.5. The molecule has 0 fully saturated rings. The fourth-order valence-electron chi connectivity index (χ4n) is 6.66. The van der Waals surface area contributed by atoms with Gasteiger partial charge in [-0.2, -0.15) is 0 Å². The molecule has 8 bridgehead atoms. The first-order valence-corrected chi connectivity index (χ1v) is 19.0. The van der Waals surface area contributed by atoms with E-state index in [1.807, 2.05) is 13.8 Å². The molecule has 0 amide bonds. The fourth-order valence-corrected chi connectivity index (χ4v) is 9.56. The Bertz CT molecular complexity index is 2110. The van der Waals surface area contributed by atoms with Crippen LogP contribution in [0.5, 0.6) is 0 Å². The average Bonchev–Trinajstić information content (AvgIpc) is 3.80. The first-order valence-electron chi connectivity index (χ1n) is 15.8. The first kappa shape index (κ1) is 36.7. The van der Waals surface area contributed by atoms with Gasteiger partial charge in [-0.1, -0.05) is 13.8 Å². The van der Waals surface area contributed by atoms with Gasteiger partial charge < -0.3 is 19.4 Å². The lowest BCUT2D eigenvalue weighted by Crippen LogP contribution is -2.01. The van der Waals surface area contributed by atoms with Gasteiger partial charge in [-0.3, -0.25) is 9.59 Å². The van der Waals surface area contributed by atoms with E-state index in [-0.39, 0.29) is 24.8 Å². The number of aryl methyl sites for hydroxylation is 4. The number of fused-ring (bicyclic) bond motifs is 8. The van der Waals surface area contributed by atoms with Crippen molar-refractivity contribution in [2.24, 2.45) is 0 Å². The van der Waals surface area contributed by atoms with Gasteiger partial charge in [0.15, 0.2) is 0 Å². The van der Waals surface area contributed by atoms with E-state index < -0.39 is 0 Å². The summed E-state index contributed by atoms with van der Waals surface area (Å²) in [5, 5.41) is 0. The molecule has 2 N–H and O–H groups in total. The van der Waals surface area contributed by atoms with Gasteiger partial charge in [0.25, 0.3) is 0 Å². The second kappa shape index (κ2) is 14.7. The van der Waals surface area contributed by atoms with Crippen molar-refractivity contribution in [3.05, 3.63) is 62.9 Å². The molecule has 0 aliphatic carbocycles. The molecule has 5 rings (SSSR count). The Balaban J connectivity index is 2.04. The highest BCUT2D eigenvalue weighted by Crippen LogP contribution is 2.46. The topological polar surface area (TPSA) is 110 Å². The summed E-state index contributed by atoms with van der Waals surface area (Å²) in [6, 6.07) is 0. The second-order valence-corrected chi connectivity index (χ2v) is 15.1. The number of methoxy groups -OCH3 is 2. The summed E-state index contributed by atoms with van der Waals surface area (Å²) in [6.45, 7) is 12.7. The van der Waals surface area contributed by atoms with Gasteiger partial charge in [0, 0.05) is 12.8 Å². The number of hydrogen-bond donors (Lipinski definition) is 2. The molecule has 48 heavy (non-hydrogen) atoms. The van der Waals surface area contributed by atoms with Gasteiger partial charge >= 0.3 is 11.9 Å². The predicted octanol–water partition coefficient (Wildman–Crippen LogP) is 10.9. The zero-order chi connectivity index (χ0) is 35.2. The van der Waals surface area contributed by atoms with Gasteiger partial charge in [-0.05, 0) is 162 Å². The largest absolute Gasteiger partial charge is 0.469 e. The van der Waals surface area contributed by atoms with Crippen LogP contribution in [0.4, 0.5) is 0 Å². The lowest BCUT2D eigenvalue weighted by Gasteiger charge is -2.09. The number of rotatable bonds is 8. The molecule has 12 heteroatoms. The number of halogens is 4. The Hall–Kier alpha value is -2.54. The van der Waals surface area contributed by atoms with Crippen molar-refractivity contribution in [2.75, 3.05) is 14.2 Å². The van der Waals surface area contributed by atoms with E-state index in [9.17, 15) is 9.59 Å². The number of aromatic amines is 2. The van der Waals surface area contributed by atoms with Crippen molar-refractivity contribution < 1.29 is 19.1 Å². The van der Waals surface area contributed by atoms with Gasteiger partial charge in [0.2, 0.25) is 0 Å². The van der Waals surface area contributed by atoms with E-state index in [2.05, 4.69) is 101 Å². The minimum atomic E-state index is -0.299. The number of nitrogens with zero attached hydrogens (tertiary/aromatic N) is 2. The molecule has 0 saturated heterocycles. The van der Waals surface area contributed by atoms with Crippen molar-refractivity contribution in [1.82, 2.24) is 19.9 Å². The maximum atomic E-state index is 12.4. The van der Waals surface area contributed by atoms with Crippen molar-refractivity contribution in [3.63, 3.8) is 0 Å². The van der Waals surface area contributed by atoms with Crippen LogP contribution in [-0.4, -0.2) is 46.1 Å². The van der Waals surface area contributed by atoms with E-state index >= 15 is 0 Å². The van der Waals surface area contributed by atoms with E-state index in [1.54, 1.807) is 0 Å². The van der Waals surface area contributed by atoms with Crippen LogP contribution in [0.25, 0.3) is 44.4 Å². The summed E-state index contributed by atoms with van der Waals surface area (Å²) in [5.41, 5.74) is 15.2. The molecule has 5 heterocycles. The number of ether oxygens (including phenoxy) is 2. The number of carbonyl (C=O) groups is 2. The van der Waals surface area contributed by atoms with Crippen LogP contribution >= 0.6 is 63.7 Å². The Kier molecular flexibility index (Phi) is 11.3. The van der Waals surface area contributed by atoms with Gasteiger partial charge in [-0.15, -0.1) is 0 Å². The zero-order valence-corrected chi connectivity index (χ0v) is 34.6. The quantitative estimate of drug-likeness (QED) is 0.218. The number of esters is 2. The first-order chi connectivity index (χ1) is 22.8. The highest BCUT2D eigenvalue weighted by Gasteiger charge is 2.29. The highest BCUT2D eigenvalue weighted by atomic mass is 79.9. The van der Waals surface area contributed by atoms with E-state index in [1.165, 1.54) is 25.3 Å². The molecular weight excluding hydrogens is 872 g/mol. The monoisotopic (exact) mass is 906 g/mol. The summed E-state index contributed by atoms with van der Waals surface area (Å²) in [5.74, 6) is -0.597. The van der Waals surface area contributed by atoms with Crippen molar-refractivity contribution in [2.45, 2.75) is 80.1 Å². The smallest absolute Gasteiger partial charge is 0.305 e. The molecule has 8 nitrogen and oxygen atoms in total. The average molecular weight is 910 g/mol. The lowest BCUT2D eigenvalue weighted by atomic mass is 9.98. The Morgan fingerprint density at radius 1 is 0.583 bits per heavy atom. The van der Waals surface area contributed by atoms with Gasteiger partial charge in [0.05, 0.1) is 77.0 Å². The van der Waals surface area contributed by atoms with Crippen LogP contribution in [0.2, 0.25) is 0 Å². The molecule has 254 valence electrons. The number of allylic oxidation sites excluding steroid dienone is 4. The molecule has 0 spiro atoms. The summed E-state index contributed by atoms with van der Waals surface area (Å²) < 4.78 is 13.3. The van der Waals surface area contributed by atoms with E-state index in [0.717, 1.165) is 93.1 Å². The number of aromatic nitrogens is 4. The second-order valence-electron chi connectivity index (χ2n) is 11.9. The normalized spacial score (nSPS) is 13.1. The maximum Gasteiger partial charge on any atom is 0.305 e. The minimum Gasteiger partial charge on any atom is -0.469 e. The van der Waals surface area contributed by atoms with Crippen LogP contribution in [-0.2, 0) is 31.9 Å². The summed E-state index contributed by atoms with van der Waals surface area (Å²) in [4.78, 5) is 42.6.